The van der Waals surface area contributed by atoms with Crippen molar-refractivity contribution in [3.8, 4) is 0 Å². The van der Waals surface area contributed by atoms with Gasteiger partial charge in [-0.05, 0) is 35.7 Å². The van der Waals surface area contributed by atoms with Gasteiger partial charge in [0.05, 0.1) is 6.04 Å². The van der Waals surface area contributed by atoms with E-state index in [0.29, 0.717) is 0 Å². The molecule has 4 heteroatoms. The van der Waals surface area contributed by atoms with Crippen LogP contribution in [0, 0.1) is 6.92 Å². The minimum Gasteiger partial charge on any atom is -0.271 e. The molecule has 0 spiro atoms. The quantitative estimate of drug-likeness (QED) is 0.675. The average Bonchev–Trinajstić information content (AvgIpc) is 2.34. The van der Waals surface area contributed by atoms with Gasteiger partial charge in [0.2, 0.25) is 0 Å². The fourth-order valence-electron chi connectivity index (χ4n) is 1.83. The predicted molar refractivity (Wildman–Crippen MR) is 72.3 cm³/mol. The van der Waals surface area contributed by atoms with Gasteiger partial charge in [0.25, 0.3) is 0 Å². The lowest BCUT2D eigenvalue weighted by Crippen LogP contribution is -2.29. The Hall–Kier alpha value is -1.23. The van der Waals surface area contributed by atoms with Crippen molar-refractivity contribution in [2.45, 2.75) is 13.0 Å². The number of hydrazine groups is 1. The SMILES string of the molecule is Cc1ccncc1C(NN)c1ccccc1Br. The Balaban J connectivity index is 2.48. The third-order valence-electron chi connectivity index (χ3n) is 2.77. The molecule has 2 aromatic rings. The largest absolute Gasteiger partial charge is 0.271 e. The summed E-state index contributed by atoms with van der Waals surface area (Å²) < 4.78 is 1.03. The smallest absolute Gasteiger partial charge is 0.0738 e. The Labute approximate surface area is 109 Å². The number of pyridine rings is 1. The zero-order valence-corrected chi connectivity index (χ0v) is 11.1. The van der Waals surface area contributed by atoms with Crippen molar-refractivity contribution in [2.24, 2.45) is 5.84 Å². The van der Waals surface area contributed by atoms with Crippen LogP contribution in [0.2, 0.25) is 0 Å². The van der Waals surface area contributed by atoms with Crippen molar-refractivity contribution in [3.05, 3.63) is 63.9 Å². The number of nitrogens with one attached hydrogen (secondary N) is 1. The van der Waals surface area contributed by atoms with Gasteiger partial charge >= 0.3 is 0 Å². The van der Waals surface area contributed by atoms with Crippen molar-refractivity contribution in [1.29, 1.82) is 0 Å². The number of hydrogen-bond acceptors (Lipinski definition) is 3. The molecular formula is C13H14BrN3. The van der Waals surface area contributed by atoms with Gasteiger partial charge in [0.15, 0.2) is 0 Å². The van der Waals surface area contributed by atoms with E-state index in [9.17, 15) is 0 Å². The van der Waals surface area contributed by atoms with Crippen molar-refractivity contribution >= 4 is 15.9 Å². The number of nitrogens with two attached hydrogens (primary N) is 1. The predicted octanol–water partition coefficient (Wildman–Crippen LogP) is 2.71. The van der Waals surface area contributed by atoms with Crippen LogP contribution in [0.25, 0.3) is 0 Å². The number of halogens is 1. The molecule has 3 nitrogen and oxygen atoms in total. The number of aryl methyl sites for hydroxylation is 1. The number of rotatable bonds is 3. The number of hydrogen-bond donors (Lipinski definition) is 2. The molecule has 88 valence electrons. The number of benzene rings is 1. The zero-order chi connectivity index (χ0) is 12.3. The minimum absolute atomic E-state index is 0.0562. The molecule has 3 N–H and O–H groups in total. The molecule has 2 rings (SSSR count). The summed E-state index contributed by atoms with van der Waals surface area (Å²) in [5.74, 6) is 5.68. The van der Waals surface area contributed by atoms with Gasteiger partial charge in [-0.2, -0.15) is 0 Å². The molecule has 0 aliphatic carbocycles. The van der Waals surface area contributed by atoms with E-state index in [1.807, 2.05) is 36.5 Å². The molecule has 0 aliphatic heterocycles. The first-order chi connectivity index (χ1) is 8.24. The van der Waals surface area contributed by atoms with E-state index in [0.717, 1.165) is 15.6 Å². The summed E-state index contributed by atoms with van der Waals surface area (Å²) in [7, 11) is 0. The van der Waals surface area contributed by atoms with Crippen molar-refractivity contribution in [1.82, 2.24) is 10.4 Å². The Morgan fingerprint density at radius 1 is 1.24 bits per heavy atom. The Kier molecular flexibility index (Phi) is 3.89. The van der Waals surface area contributed by atoms with Gasteiger partial charge in [-0.25, -0.2) is 5.43 Å². The third kappa shape index (κ3) is 2.54. The van der Waals surface area contributed by atoms with E-state index < -0.39 is 0 Å². The van der Waals surface area contributed by atoms with Gasteiger partial charge in [-0.1, -0.05) is 34.1 Å². The van der Waals surface area contributed by atoms with Crippen molar-refractivity contribution < 1.29 is 0 Å². The van der Waals surface area contributed by atoms with E-state index in [1.54, 1.807) is 6.20 Å². The van der Waals surface area contributed by atoms with Crippen LogP contribution in [-0.4, -0.2) is 4.98 Å². The molecule has 0 saturated heterocycles. The van der Waals surface area contributed by atoms with E-state index in [2.05, 4.69) is 33.3 Å². The molecule has 1 aromatic heterocycles. The molecule has 17 heavy (non-hydrogen) atoms. The Morgan fingerprint density at radius 3 is 2.65 bits per heavy atom. The van der Waals surface area contributed by atoms with Crippen LogP contribution >= 0.6 is 15.9 Å². The summed E-state index contributed by atoms with van der Waals surface area (Å²) in [6, 6.07) is 9.95. The number of aromatic nitrogens is 1. The first kappa shape index (κ1) is 12.2. The van der Waals surface area contributed by atoms with Gasteiger partial charge in [0.1, 0.15) is 0 Å². The molecular weight excluding hydrogens is 278 g/mol. The third-order valence-corrected chi connectivity index (χ3v) is 3.50. The lowest BCUT2D eigenvalue weighted by Gasteiger charge is -2.19. The van der Waals surface area contributed by atoms with Crippen LogP contribution in [0.4, 0.5) is 0 Å². The number of nitrogens with zero attached hydrogens (tertiary/aromatic N) is 1. The fourth-order valence-corrected chi connectivity index (χ4v) is 2.35. The summed E-state index contributed by atoms with van der Waals surface area (Å²) in [5, 5.41) is 0. The molecule has 1 atom stereocenters. The van der Waals surface area contributed by atoms with Crippen LogP contribution < -0.4 is 11.3 Å². The maximum Gasteiger partial charge on any atom is 0.0738 e. The first-order valence-electron chi connectivity index (χ1n) is 5.35. The lowest BCUT2D eigenvalue weighted by molar-refractivity contribution is 0.629. The second-order valence-corrected chi connectivity index (χ2v) is 4.71. The molecule has 0 aliphatic rings. The molecule has 0 bridgehead atoms. The van der Waals surface area contributed by atoms with Crippen LogP contribution in [0.1, 0.15) is 22.7 Å². The second kappa shape index (κ2) is 5.40. The molecule has 0 saturated carbocycles. The van der Waals surface area contributed by atoms with E-state index in [1.165, 1.54) is 5.56 Å². The maximum absolute atomic E-state index is 5.68. The topological polar surface area (TPSA) is 50.9 Å². The summed E-state index contributed by atoms with van der Waals surface area (Å²) >= 11 is 3.54. The molecule has 1 heterocycles. The summed E-state index contributed by atoms with van der Waals surface area (Å²) in [6.07, 6.45) is 3.63. The van der Waals surface area contributed by atoms with Crippen molar-refractivity contribution in [3.63, 3.8) is 0 Å². The minimum atomic E-state index is -0.0562. The molecule has 0 radical (unpaired) electrons. The first-order valence-corrected chi connectivity index (χ1v) is 6.14. The zero-order valence-electron chi connectivity index (χ0n) is 9.52. The van der Waals surface area contributed by atoms with E-state index in [4.69, 9.17) is 5.84 Å². The highest BCUT2D eigenvalue weighted by Crippen LogP contribution is 2.28. The van der Waals surface area contributed by atoms with Gasteiger partial charge in [0, 0.05) is 16.9 Å². The Bertz CT molecular complexity index is 468. The van der Waals surface area contributed by atoms with Crippen LogP contribution in [0.5, 0.6) is 0 Å². The highest BCUT2D eigenvalue weighted by Gasteiger charge is 2.16. The molecule has 1 unspecified atom stereocenters. The average molecular weight is 292 g/mol. The van der Waals surface area contributed by atoms with E-state index in [-0.39, 0.29) is 6.04 Å². The van der Waals surface area contributed by atoms with Crippen LogP contribution in [0.15, 0.2) is 47.2 Å². The summed E-state index contributed by atoms with van der Waals surface area (Å²) in [5.41, 5.74) is 6.20. The monoisotopic (exact) mass is 291 g/mol. The van der Waals surface area contributed by atoms with Crippen molar-refractivity contribution in [2.75, 3.05) is 0 Å². The van der Waals surface area contributed by atoms with Gasteiger partial charge in [-0.3, -0.25) is 10.8 Å². The normalized spacial score (nSPS) is 12.4. The lowest BCUT2D eigenvalue weighted by atomic mass is 9.97. The molecule has 1 aromatic carbocycles. The van der Waals surface area contributed by atoms with Gasteiger partial charge in [-0.15, -0.1) is 0 Å². The van der Waals surface area contributed by atoms with E-state index >= 15 is 0 Å². The fraction of sp³-hybridized carbons (Fsp3) is 0.154. The summed E-state index contributed by atoms with van der Waals surface area (Å²) in [6.45, 7) is 2.05. The molecule has 0 fully saturated rings. The van der Waals surface area contributed by atoms with Gasteiger partial charge < -0.3 is 0 Å². The Morgan fingerprint density at radius 2 is 2.00 bits per heavy atom. The highest BCUT2D eigenvalue weighted by molar-refractivity contribution is 9.10. The highest BCUT2D eigenvalue weighted by atomic mass is 79.9. The van der Waals surface area contributed by atoms with Crippen LogP contribution in [-0.2, 0) is 0 Å². The summed E-state index contributed by atoms with van der Waals surface area (Å²) in [4.78, 5) is 4.16. The maximum atomic E-state index is 5.68. The second-order valence-electron chi connectivity index (χ2n) is 3.85. The van der Waals surface area contributed by atoms with Crippen LogP contribution in [0.3, 0.4) is 0 Å². The standard InChI is InChI=1S/C13H14BrN3/c1-9-6-7-16-8-11(9)13(17-15)10-4-2-3-5-12(10)14/h2-8,13,17H,15H2,1H3. The molecule has 0 amide bonds.